The van der Waals surface area contributed by atoms with Crippen molar-refractivity contribution in [3.8, 4) is 0 Å². The molecule has 0 aliphatic carbocycles. The minimum Gasteiger partial charge on any atom is -0.464 e. The van der Waals surface area contributed by atoms with Crippen molar-refractivity contribution >= 4 is 11.0 Å². The maximum absolute atomic E-state index is 5.86. The summed E-state index contributed by atoms with van der Waals surface area (Å²) in [4.78, 5) is 2.48. The largest absolute Gasteiger partial charge is 0.464 e. The summed E-state index contributed by atoms with van der Waals surface area (Å²) in [6.07, 6.45) is 4.64. The van der Waals surface area contributed by atoms with Crippen molar-refractivity contribution in [1.29, 1.82) is 0 Å². The van der Waals surface area contributed by atoms with Crippen molar-refractivity contribution in [2.24, 2.45) is 13.0 Å². The smallest absolute Gasteiger partial charge is 0.134 e. The molecule has 0 saturated carbocycles. The molecule has 0 radical (unpaired) electrons. The van der Waals surface area contributed by atoms with Crippen molar-refractivity contribution in [2.75, 3.05) is 26.3 Å². The molecular weight excluding hydrogens is 302 g/mol. The first-order valence-corrected chi connectivity index (χ1v) is 8.51. The van der Waals surface area contributed by atoms with Crippen LogP contribution in [0.2, 0.25) is 0 Å². The third-order valence-electron chi connectivity index (χ3n) is 4.82. The molecule has 0 N–H and O–H groups in total. The SMILES string of the molecule is Cn1nccc1CN1CCOCC(Cc2cccc3occc23)C1. The Balaban J connectivity index is 1.48. The van der Waals surface area contributed by atoms with Gasteiger partial charge < -0.3 is 9.15 Å². The van der Waals surface area contributed by atoms with Crippen LogP contribution in [0, 0.1) is 5.92 Å². The third-order valence-corrected chi connectivity index (χ3v) is 4.82. The Morgan fingerprint density at radius 2 is 2.21 bits per heavy atom. The number of nitrogens with zero attached hydrogens (tertiary/aromatic N) is 3. The third kappa shape index (κ3) is 3.23. The van der Waals surface area contributed by atoms with E-state index in [4.69, 9.17) is 9.15 Å². The molecule has 3 aromatic rings. The Hall–Kier alpha value is -2.11. The molecule has 1 fully saturated rings. The van der Waals surface area contributed by atoms with Gasteiger partial charge in [0.05, 0.1) is 25.2 Å². The van der Waals surface area contributed by atoms with E-state index in [1.54, 1.807) is 6.26 Å². The number of rotatable bonds is 4. The predicted octanol–water partition coefficient (Wildman–Crippen LogP) is 2.86. The molecule has 4 rings (SSSR count). The molecule has 1 unspecified atom stereocenters. The summed E-state index contributed by atoms with van der Waals surface area (Å²) in [5, 5.41) is 5.49. The van der Waals surface area contributed by atoms with Crippen LogP contribution in [0.5, 0.6) is 0 Å². The molecule has 1 saturated heterocycles. The average molecular weight is 325 g/mol. The average Bonchev–Trinajstić information content (AvgIpc) is 3.15. The predicted molar refractivity (Wildman–Crippen MR) is 92.7 cm³/mol. The van der Waals surface area contributed by atoms with Gasteiger partial charge in [0.2, 0.25) is 0 Å². The summed E-state index contributed by atoms with van der Waals surface area (Å²) in [6, 6.07) is 10.5. The van der Waals surface area contributed by atoms with E-state index >= 15 is 0 Å². The van der Waals surface area contributed by atoms with Crippen LogP contribution in [0.4, 0.5) is 0 Å². The highest BCUT2D eigenvalue weighted by atomic mass is 16.5. The monoisotopic (exact) mass is 325 g/mol. The minimum absolute atomic E-state index is 0.487. The number of aromatic nitrogens is 2. The van der Waals surface area contributed by atoms with Crippen LogP contribution in [0.25, 0.3) is 11.0 Å². The number of aryl methyl sites for hydroxylation is 1. The maximum atomic E-state index is 5.86. The van der Waals surface area contributed by atoms with Crippen LogP contribution in [-0.2, 0) is 24.8 Å². The zero-order valence-electron chi connectivity index (χ0n) is 14.0. The molecule has 126 valence electrons. The summed E-state index contributed by atoms with van der Waals surface area (Å²) in [5.74, 6) is 0.487. The minimum atomic E-state index is 0.487. The van der Waals surface area contributed by atoms with Crippen LogP contribution in [-0.4, -0.2) is 41.0 Å². The summed E-state index contributed by atoms with van der Waals surface area (Å²) in [7, 11) is 2.00. The second-order valence-electron chi connectivity index (χ2n) is 6.58. The summed E-state index contributed by atoms with van der Waals surface area (Å²) < 4.78 is 13.3. The van der Waals surface area contributed by atoms with Crippen molar-refractivity contribution in [3.63, 3.8) is 0 Å². The van der Waals surface area contributed by atoms with E-state index in [1.807, 2.05) is 24.0 Å². The fourth-order valence-corrected chi connectivity index (χ4v) is 3.55. The quantitative estimate of drug-likeness (QED) is 0.740. The number of hydrogen-bond donors (Lipinski definition) is 0. The fourth-order valence-electron chi connectivity index (χ4n) is 3.55. The highest BCUT2D eigenvalue weighted by Crippen LogP contribution is 2.24. The van der Waals surface area contributed by atoms with Crippen LogP contribution >= 0.6 is 0 Å². The number of ether oxygens (including phenoxy) is 1. The molecule has 1 aliphatic rings. The second kappa shape index (κ2) is 6.79. The van der Waals surface area contributed by atoms with Crippen LogP contribution in [0.15, 0.2) is 47.2 Å². The second-order valence-corrected chi connectivity index (χ2v) is 6.58. The first kappa shape index (κ1) is 15.4. The van der Waals surface area contributed by atoms with Gasteiger partial charge in [-0.15, -0.1) is 0 Å². The van der Waals surface area contributed by atoms with Crippen LogP contribution in [0.1, 0.15) is 11.3 Å². The Kier molecular flexibility index (Phi) is 4.36. The van der Waals surface area contributed by atoms with Crippen molar-refractivity contribution in [3.05, 3.63) is 54.0 Å². The number of benzene rings is 1. The summed E-state index contributed by atoms with van der Waals surface area (Å²) in [5.41, 5.74) is 3.55. The molecule has 1 aliphatic heterocycles. The van der Waals surface area contributed by atoms with E-state index in [0.29, 0.717) is 5.92 Å². The first-order chi connectivity index (χ1) is 11.8. The molecule has 2 aromatic heterocycles. The summed E-state index contributed by atoms with van der Waals surface area (Å²) in [6.45, 7) is 4.55. The lowest BCUT2D eigenvalue weighted by Crippen LogP contribution is -2.31. The molecule has 3 heterocycles. The molecule has 1 aromatic carbocycles. The van der Waals surface area contributed by atoms with Gasteiger partial charge in [-0.3, -0.25) is 9.58 Å². The number of furan rings is 1. The van der Waals surface area contributed by atoms with Gasteiger partial charge in [0.25, 0.3) is 0 Å². The molecule has 1 atom stereocenters. The van der Waals surface area contributed by atoms with Gasteiger partial charge in [-0.25, -0.2) is 0 Å². The van der Waals surface area contributed by atoms with Crippen molar-refractivity contribution < 1.29 is 9.15 Å². The van der Waals surface area contributed by atoms with Gasteiger partial charge >= 0.3 is 0 Å². The fraction of sp³-hybridized carbons (Fsp3) is 0.421. The summed E-state index contributed by atoms with van der Waals surface area (Å²) >= 11 is 0. The van der Waals surface area contributed by atoms with E-state index in [-0.39, 0.29) is 0 Å². The van der Waals surface area contributed by atoms with E-state index in [1.165, 1.54) is 16.6 Å². The standard InChI is InChI=1S/C19H23N3O2/c1-21-17(5-7-20-21)13-22-8-10-23-14-15(12-22)11-16-3-2-4-19-18(16)6-9-24-19/h2-7,9,15H,8,10-14H2,1H3. The van der Waals surface area contributed by atoms with Crippen molar-refractivity contribution in [2.45, 2.75) is 13.0 Å². The lowest BCUT2D eigenvalue weighted by molar-refractivity contribution is 0.121. The number of fused-ring (bicyclic) bond motifs is 1. The molecule has 24 heavy (non-hydrogen) atoms. The van der Waals surface area contributed by atoms with Gasteiger partial charge in [0.1, 0.15) is 5.58 Å². The molecule has 5 nitrogen and oxygen atoms in total. The van der Waals surface area contributed by atoms with Crippen LogP contribution < -0.4 is 0 Å². The topological polar surface area (TPSA) is 43.4 Å². The van der Waals surface area contributed by atoms with Crippen molar-refractivity contribution in [1.82, 2.24) is 14.7 Å². The molecule has 0 amide bonds. The zero-order valence-corrected chi connectivity index (χ0v) is 14.0. The van der Waals surface area contributed by atoms with Gasteiger partial charge in [0.15, 0.2) is 0 Å². The van der Waals surface area contributed by atoms with E-state index in [0.717, 1.165) is 44.9 Å². The van der Waals surface area contributed by atoms with Crippen LogP contribution in [0.3, 0.4) is 0 Å². The lowest BCUT2D eigenvalue weighted by Gasteiger charge is -2.23. The molecular formula is C19H23N3O2. The van der Waals surface area contributed by atoms with E-state index in [9.17, 15) is 0 Å². The molecule has 5 heteroatoms. The molecule has 0 bridgehead atoms. The lowest BCUT2D eigenvalue weighted by atomic mass is 9.97. The van der Waals surface area contributed by atoms with Gasteiger partial charge in [-0.2, -0.15) is 5.10 Å². The maximum Gasteiger partial charge on any atom is 0.134 e. The normalized spacial score (nSPS) is 19.6. The van der Waals surface area contributed by atoms with E-state index < -0.39 is 0 Å². The molecule has 0 spiro atoms. The Morgan fingerprint density at radius 1 is 1.25 bits per heavy atom. The first-order valence-electron chi connectivity index (χ1n) is 8.51. The van der Waals surface area contributed by atoms with Gasteiger partial charge in [-0.1, -0.05) is 12.1 Å². The highest BCUT2D eigenvalue weighted by molar-refractivity contribution is 5.80. The zero-order chi connectivity index (χ0) is 16.4. The Morgan fingerprint density at radius 3 is 3.08 bits per heavy atom. The highest BCUT2D eigenvalue weighted by Gasteiger charge is 2.21. The van der Waals surface area contributed by atoms with Gasteiger partial charge in [-0.05, 0) is 36.1 Å². The Labute approximate surface area is 141 Å². The van der Waals surface area contributed by atoms with E-state index in [2.05, 4.69) is 34.3 Å². The van der Waals surface area contributed by atoms with Gasteiger partial charge in [0, 0.05) is 38.3 Å². The Bertz CT molecular complexity index is 808. The number of hydrogen-bond acceptors (Lipinski definition) is 4.